The topological polar surface area (TPSA) is 104 Å². The number of aromatic nitrogens is 2. The van der Waals surface area contributed by atoms with Gasteiger partial charge in [0.2, 0.25) is 5.91 Å². The third-order valence-corrected chi connectivity index (χ3v) is 4.61. The van der Waals surface area contributed by atoms with Crippen LogP contribution in [0.15, 0.2) is 23.0 Å². The van der Waals surface area contributed by atoms with E-state index in [1.54, 1.807) is 32.0 Å². The number of carbonyl (C=O) groups excluding carboxylic acids is 1. The van der Waals surface area contributed by atoms with Crippen LogP contribution in [-0.4, -0.2) is 38.5 Å². The second-order valence-corrected chi connectivity index (χ2v) is 7.68. The first-order valence-electron chi connectivity index (χ1n) is 9.26. The van der Waals surface area contributed by atoms with Crippen molar-refractivity contribution < 1.29 is 15.0 Å². The van der Waals surface area contributed by atoms with E-state index in [0.29, 0.717) is 28.5 Å². The van der Waals surface area contributed by atoms with E-state index < -0.39 is 5.60 Å². The number of aliphatic hydroxyl groups excluding tert-OH is 1. The van der Waals surface area contributed by atoms with Gasteiger partial charge < -0.3 is 15.5 Å². The van der Waals surface area contributed by atoms with Gasteiger partial charge in [-0.3, -0.25) is 9.59 Å². The molecule has 1 amide bonds. The lowest BCUT2D eigenvalue weighted by Gasteiger charge is -2.20. The van der Waals surface area contributed by atoms with Crippen LogP contribution < -0.4 is 10.9 Å². The Morgan fingerprint density at radius 3 is 2.48 bits per heavy atom. The van der Waals surface area contributed by atoms with Crippen molar-refractivity contribution in [1.29, 1.82) is 0 Å². The number of benzene rings is 1. The highest BCUT2D eigenvalue weighted by molar-refractivity contribution is 5.85. The standard InChI is InChI=1S/C20H29N3O4/c1-6-14(11-24)21-17(25)10-23-19(26)15-8-7-13(20(4,5)27)9-16(15)18(22-23)12(2)3/h7-9,12,14,24,27H,6,10-11H2,1-5H3,(H,21,25)/t14-/m0/s1. The SMILES string of the molecule is CC[C@@H](CO)NC(=O)Cn1nc(C(C)C)c2cc(C(C)(C)O)ccc2c1=O. The summed E-state index contributed by atoms with van der Waals surface area (Å²) in [4.78, 5) is 25.1. The summed E-state index contributed by atoms with van der Waals surface area (Å²) >= 11 is 0. The normalized spacial score (nSPS) is 13.2. The van der Waals surface area contributed by atoms with Crippen molar-refractivity contribution in [2.24, 2.45) is 0 Å². The zero-order valence-corrected chi connectivity index (χ0v) is 16.6. The number of nitrogens with one attached hydrogen (secondary N) is 1. The lowest BCUT2D eigenvalue weighted by atomic mass is 9.94. The Morgan fingerprint density at radius 2 is 1.96 bits per heavy atom. The predicted octanol–water partition coefficient (Wildman–Crippen LogP) is 1.63. The summed E-state index contributed by atoms with van der Waals surface area (Å²) < 4.78 is 1.17. The maximum atomic E-state index is 12.8. The lowest BCUT2D eigenvalue weighted by molar-refractivity contribution is -0.123. The molecule has 0 unspecified atom stereocenters. The Kier molecular flexibility index (Phi) is 6.38. The summed E-state index contributed by atoms with van der Waals surface area (Å²) in [7, 11) is 0. The van der Waals surface area contributed by atoms with E-state index in [9.17, 15) is 19.8 Å². The minimum Gasteiger partial charge on any atom is -0.394 e. The van der Waals surface area contributed by atoms with E-state index in [2.05, 4.69) is 10.4 Å². The van der Waals surface area contributed by atoms with Crippen LogP contribution in [0.3, 0.4) is 0 Å². The third kappa shape index (κ3) is 4.73. The summed E-state index contributed by atoms with van der Waals surface area (Å²) in [5, 5.41) is 27.8. The van der Waals surface area contributed by atoms with Gasteiger partial charge in [0, 0.05) is 5.39 Å². The molecule has 1 aromatic heterocycles. The van der Waals surface area contributed by atoms with Gasteiger partial charge in [-0.2, -0.15) is 5.10 Å². The smallest absolute Gasteiger partial charge is 0.275 e. The molecule has 0 spiro atoms. The zero-order valence-electron chi connectivity index (χ0n) is 16.6. The van der Waals surface area contributed by atoms with Crippen LogP contribution >= 0.6 is 0 Å². The molecule has 7 heteroatoms. The van der Waals surface area contributed by atoms with Gasteiger partial charge in [0.15, 0.2) is 0 Å². The number of hydrogen-bond donors (Lipinski definition) is 3. The molecule has 1 atom stereocenters. The first kappa shape index (κ1) is 21.1. The van der Waals surface area contributed by atoms with Crippen LogP contribution in [0.5, 0.6) is 0 Å². The maximum Gasteiger partial charge on any atom is 0.275 e. The monoisotopic (exact) mass is 375 g/mol. The van der Waals surface area contributed by atoms with Gasteiger partial charge in [-0.1, -0.05) is 26.8 Å². The first-order chi connectivity index (χ1) is 12.6. The lowest BCUT2D eigenvalue weighted by Crippen LogP contribution is -2.41. The van der Waals surface area contributed by atoms with Gasteiger partial charge in [0.05, 0.1) is 29.3 Å². The molecule has 2 rings (SSSR count). The molecule has 2 aromatic rings. The number of nitrogens with zero attached hydrogens (tertiary/aromatic N) is 2. The highest BCUT2D eigenvalue weighted by atomic mass is 16.3. The molecule has 27 heavy (non-hydrogen) atoms. The average molecular weight is 375 g/mol. The number of carbonyl (C=O) groups is 1. The molecule has 0 bridgehead atoms. The molecule has 0 saturated carbocycles. The van der Waals surface area contributed by atoms with Gasteiger partial charge in [-0.15, -0.1) is 0 Å². The van der Waals surface area contributed by atoms with E-state index in [-0.39, 0.29) is 36.6 Å². The highest BCUT2D eigenvalue weighted by Gasteiger charge is 2.20. The zero-order chi connectivity index (χ0) is 20.4. The second kappa shape index (κ2) is 8.19. The number of aliphatic hydroxyl groups is 2. The van der Waals surface area contributed by atoms with E-state index in [1.165, 1.54) is 4.68 Å². The average Bonchev–Trinajstić information content (AvgIpc) is 2.60. The Labute approximate surface area is 159 Å². The molecular weight excluding hydrogens is 346 g/mol. The summed E-state index contributed by atoms with van der Waals surface area (Å²) in [5.41, 5.74) is 0.000302. The van der Waals surface area contributed by atoms with Crippen LogP contribution in [0.25, 0.3) is 10.8 Å². The molecule has 0 fully saturated rings. The molecule has 7 nitrogen and oxygen atoms in total. The molecular formula is C20H29N3O4. The van der Waals surface area contributed by atoms with Crippen molar-refractivity contribution >= 4 is 16.7 Å². The predicted molar refractivity (Wildman–Crippen MR) is 105 cm³/mol. The van der Waals surface area contributed by atoms with Crippen LogP contribution in [0.2, 0.25) is 0 Å². The maximum absolute atomic E-state index is 12.8. The van der Waals surface area contributed by atoms with Crippen molar-refractivity contribution in [3.63, 3.8) is 0 Å². The minimum atomic E-state index is -1.03. The Hall–Kier alpha value is -2.25. The van der Waals surface area contributed by atoms with E-state index in [1.807, 2.05) is 20.8 Å². The van der Waals surface area contributed by atoms with Crippen LogP contribution in [-0.2, 0) is 16.9 Å². The molecule has 0 aliphatic rings. The summed E-state index contributed by atoms with van der Waals surface area (Å²) in [5.74, 6) is -0.340. The largest absolute Gasteiger partial charge is 0.394 e. The molecule has 1 heterocycles. The van der Waals surface area contributed by atoms with Crippen LogP contribution in [0.1, 0.15) is 58.2 Å². The molecule has 0 aliphatic heterocycles. The number of hydrogen-bond acceptors (Lipinski definition) is 5. The van der Waals surface area contributed by atoms with Gasteiger partial charge in [0.1, 0.15) is 6.54 Å². The fourth-order valence-corrected chi connectivity index (χ4v) is 2.91. The van der Waals surface area contributed by atoms with Crippen molar-refractivity contribution in [2.45, 2.75) is 65.1 Å². The minimum absolute atomic E-state index is 0.0281. The molecule has 0 aliphatic carbocycles. The molecule has 148 valence electrons. The Bertz CT molecular complexity index is 877. The van der Waals surface area contributed by atoms with Crippen LogP contribution in [0.4, 0.5) is 0 Å². The van der Waals surface area contributed by atoms with Gasteiger partial charge in [-0.05, 0) is 43.9 Å². The number of amides is 1. The fourth-order valence-electron chi connectivity index (χ4n) is 2.91. The van der Waals surface area contributed by atoms with Crippen molar-refractivity contribution in [3.05, 3.63) is 39.8 Å². The first-order valence-corrected chi connectivity index (χ1v) is 9.26. The van der Waals surface area contributed by atoms with Gasteiger partial charge in [0.25, 0.3) is 5.56 Å². The van der Waals surface area contributed by atoms with Gasteiger partial charge >= 0.3 is 0 Å². The second-order valence-electron chi connectivity index (χ2n) is 7.68. The molecule has 1 aromatic carbocycles. The summed E-state index contributed by atoms with van der Waals surface area (Å²) in [6.07, 6.45) is 0.596. The summed E-state index contributed by atoms with van der Waals surface area (Å²) in [6.45, 7) is 8.80. The summed E-state index contributed by atoms with van der Waals surface area (Å²) in [6, 6.07) is 4.85. The van der Waals surface area contributed by atoms with E-state index in [4.69, 9.17) is 0 Å². The fraction of sp³-hybridized carbons (Fsp3) is 0.550. The van der Waals surface area contributed by atoms with E-state index in [0.717, 1.165) is 0 Å². The third-order valence-electron chi connectivity index (χ3n) is 4.61. The van der Waals surface area contributed by atoms with Crippen molar-refractivity contribution in [3.8, 4) is 0 Å². The Morgan fingerprint density at radius 1 is 1.30 bits per heavy atom. The van der Waals surface area contributed by atoms with Crippen LogP contribution in [0, 0.1) is 0 Å². The molecule has 3 N–H and O–H groups in total. The number of fused-ring (bicyclic) bond motifs is 1. The van der Waals surface area contributed by atoms with Crippen molar-refractivity contribution in [2.75, 3.05) is 6.61 Å². The molecule has 0 radical (unpaired) electrons. The molecule has 0 saturated heterocycles. The number of rotatable bonds is 7. The van der Waals surface area contributed by atoms with Gasteiger partial charge in [-0.25, -0.2) is 4.68 Å². The highest BCUT2D eigenvalue weighted by Crippen LogP contribution is 2.27. The van der Waals surface area contributed by atoms with Crippen molar-refractivity contribution in [1.82, 2.24) is 15.1 Å². The quantitative estimate of drug-likeness (QED) is 0.682. The van der Waals surface area contributed by atoms with E-state index >= 15 is 0 Å². The Balaban J connectivity index is 2.52.